The number of anilines is 1. The molecular formula is C19H22N2O2S. The number of nitrogens with one attached hydrogen (secondary N) is 1. The second-order valence-corrected chi connectivity index (χ2v) is 7.01. The third kappa shape index (κ3) is 3.67. The molecule has 0 unspecified atom stereocenters. The third-order valence-corrected chi connectivity index (χ3v) is 5.36. The van der Waals surface area contributed by atoms with Gasteiger partial charge in [0.15, 0.2) is 0 Å². The number of rotatable bonds is 4. The van der Waals surface area contributed by atoms with Crippen molar-refractivity contribution >= 4 is 28.8 Å². The lowest BCUT2D eigenvalue weighted by atomic mass is 9.99. The molecule has 1 aromatic heterocycles. The van der Waals surface area contributed by atoms with Gasteiger partial charge in [0.05, 0.1) is 4.88 Å². The van der Waals surface area contributed by atoms with Gasteiger partial charge in [-0.05, 0) is 61.4 Å². The molecule has 3 rings (SSSR count). The highest BCUT2D eigenvalue weighted by molar-refractivity contribution is 7.12. The average Bonchev–Trinajstić information content (AvgIpc) is 3.16. The van der Waals surface area contributed by atoms with Crippen molar-refractivity contribution in [2.24, 2.45) is 0 Å². The van der Waals surface area contributed by atoms with E-state index in [1.165, 1.54) is 17.8 Å². The molecule has 4 nitrogen and oxygen atoms in total. The summed E-state index contributed by atoms with van der Waals surface area (Å²) in [6.45, 7) is 2.98. The van der Waals surface area contributed by atoms with Gasteiger partial charge in [0.1, 0.15) is 0 Å². The molecular weight excluding hydrogens is 320 g/mol. The van der Waals surface area contributed by atoms with Crippen molar-refractivity contribution in [3.05, 3.63) is 52.2 Å². The molecule has 0 aliphatic carbocycles. The lowest BCUT2D eigenvalue weighted by Gasteiger charge is -2.35. The second kappa shape index (κ2) is 7.62. The van der Waals surface area contributed by atoms with Crippen LogP contribution in [0.15, 0.2) is 41.8 Å². The summed E-state index contributed by atoms with van der Waals surface area (Å²) in [7, 11) is 0. The SMILES string of the molecule is CC[C@H]1CCCCN1C(=O)c1ccc(NC(=O)c2cccs2)cc1. The summed E-state index contributed by atoms with van der Waals surface area (Å²) < 4.78 is 0. The summed E-state index contributed by atoms with van der Waals surface area (Å²) in [6.07, 6.45) is 4.38. The highest BCUT2D eigenvalue weighted by Crippen LogP contribution is 2.22. The lowest BCUT2D eigenvalue weighted by molar-refractivity contribution is 0.0608. The molecule has 1 aliphatic rings. The van der Waals surface area contributed by atoms with E-state index in [1.807, 2.05) is 16.3 Å². The van der Waals surface area contributed by atoms with Crippen LogP contribution < -0.4 is 5.32 Å². The molecule has 0 radical (unpaired) electrons. The minimum atomic E-state index is -0.119. The van der Waals surface area contributed by atoms with Gasteiger partial charge in [0.2, 0.25) is 0 Å². The molecule has 24 heavy (non-hydrogen) atoms. The standard InChI is InChI=1S/C19H22N2O2S/c1-2-16-6-3-4-12-21(16)19(23)14-8-10-15(11-9-14)20-18(22)17-7-5-13-24-17/h5,7-11,13,16H,2-4,6,12H2,1H3,(H,20,22)/t16-/m0/s1. The summed E-state index contributed by atoms with van der Waals surface area (Å²) >= 11 is 1.41. The van der Waals surface area contributed by atoms with E-state index < -0.39 is 0 Å². The topological polar surface area (TPSA) is 49.4 Å². The molecule has 1 aromatic carbocycles. The number of carbonyl (C=O) groups excluding carboxylic acids is 2. The Morgan fingerprint density at radius 2 is 2.00 bits per heavy atom. The average molecular weight is 342 g/mol. The van der Waals surface area contributed by atoms with Gasteiger partial charge in [-0.25, -0.2) is 0 Å². The molecule has 5 heteroatoms. The van der Waals surface area contributed by atoms with Crippen LogP contribution in [0.3, 0.4) is 0 Å². The normalized spacial score (nSPS) is 17.5. The fourth-order valence-electron chi connectivity index (χ4n) is 3.15. The zero-order valence-corrected chi connectivity index (χ0v) is 14.6. The van der Waals surface area contributed by atoms with Crippen molar-refractivity contribution in [2.75, 3.05) is 11.9 Å². The van der Waals surface area contributed by atoms with Gasteiger partial charge in [-0.3, -0.25) is 9.59 Å². The monoisotopic (exact) mass is 342 g/mol. The fraction of sp³-hybridized carbons (Fsp3) is 0.368. The van der Waals surface area contributed by atoms with E-state index >= 15 is 0 Å². The van der Waals surface area contributed by atoms with E-state index in [1.54, 1.807) is 30.3 Å². The summed E-state index contributed by atoms with van der Waals surface area (Å²) in [4.78, 5) is 27.5. The Labute approximate surface area is 146 Å². The number of likely N-dealkylation sites (tertiary alicyclic amines) is 1. The van der Waals surface area contributed by atoms with Crippen LogP contribution in [0.5, 0.6) is 0 Å². The maximum atomic E-state index is 12.7. The van der Waals surface area contributed by atoms with E-state index in [9.17, 15) is 9.59 Å². The molecule has 1 fully saturated rings. The molecule has 0 spiro atoms. The second-order valence-electron chi connectivity index (χ2n) is 6.07. The molecule has 0 bridgehead atoms. The predicted octanol–water partition coefficient (Wildman–Crippen LogP) is 4.41. The summed E-state index contributed by atoms with van der Waals surface area (Å²) in [6, 6.07) is 11.2. The number of benzene rings is 1. The quantitative estimate of drug-likeness (QED) is 0.895. The first-order valence-electron chi connectivity index (χ1n) is 8.45. The van der Waals surface area contributed by atoms with Crippen LogP contribution in [0, 0.1) is 0 Å². The molecule has 126 valence electrons. The van der Waals surface area contributed by atoms with Crippen LogP contribution in [0.4, 0.5) is 5.69 Å². The Bertz CT molecular complexity index is 695. The van der Waals surface area contributed by atoms with Crippen molar-refractivity contribution in [3.63, 3.8) is 0 Å². The van der Waals surface area contributed by atoms with E-state index in [-0.39, 0.29) is 11.8 Å². The van der Waals surface area contributed by atoms with Crippen LogP contribution in [-0.4, -0.2) is 29.3 Å². The molecule has 2 heterocycles. The van der Waals surface area contributed by atoms with Gasteiger partial charge >= 0.3 is 0 Å². The first kappa shape index (κ1) is 16.7. The number of hydrogen-bond acceptors (Lipinski definition) is 3. The van der Waals surface area contributed by atoms with Crippen molar-refractivity contribution < 1.29 is 9.59 Å². The van der Waals surface area contributed by atoms with Gasteiger partial charge in [-0.2, -0.15) is 0 Å². The number of thiophene rings is 1. The number of amides is 2. The predicted molar refractivity (Wildman–Crippen MR) is 97.7 cm³/mol. The van der Waals surface area contributed by atoms with Crippen molar-refractivity contribution in [1.29, 1.82) is 0 Å². The van der Waals surface area contributed by atoms with Crippen LogP contribution in [0.1, 0.15) is 52.6 Å². The van der Waals surface area contributed by atoms with Gasteiger partial charge in [0, 0.05) is 23.8 Å². The van der Waals surface area contributed by atoms with E-state index in [4.69, 9.17) is 0 Å². The van der Waals surface area contributed by atoms with Gasteiger partial charge in [-0.1, -0.05) is 13.0 Å². The number of hydrogen-bond donors (Lipinski definition) is 1. The highest BCUT2D eigenvalue weighted by atomic mass is 32.1. The zero-order valence-electron chi connectivity index (χ0n) is 13.8. The summed E-state index contributed by atoms with van der Waals surface area (Å²) in [5.41, 5.74) is 1.39. The molecule has 2 aromatic rings. The number of piperidine rings is 1. The Morgan fingerprint density at radius 3 is 2.67 bits per heavy atom. The Kier molecular flexibility index (Phi) is 5.30. The Balaban J connectivity index is 1.67. The highest BCUT2D eigenvalue weighted by Gasteiger charge is 2.26. The zero-order chi connectivity index (χ0) is 16.9. The maximum absolute atomic E-state index is 12.7. The van der Waals surface area contributed by atoms with Gasteiger partial charge in [-0.15, -0.1) is 11.3 Å². The van der Waals surface area contributed by atoms with Crippen LogP contribution in [0.25, 0.3) is 0 Å². The molecule has 0 saturated carbocycles. The number of carbonyl (C=O) groups is 2. The van der Waals surface area contributed by atoms with Crippen LogP contribution in [0.2, 0.25) is 0 Å². The van der Waals surface area contributed by atoms with Crippen molar-refractivity contribution in [2.45, 2.75) is 38.6 Å². The number of nitrogens with zero attached hydrogens (tertiary/aromatic N) is 1. The molecule has 1 saturated heterocycles. The first-order chi connectivity index (χ1) is 11.7. The van der Waals surface area contributed by atoms with E-state index in [0.29, 0.717) is 22.2 Å². The smallest absolute Gasteiger partial charge is 0.265 e. The summed E-state index contributed by atoms with van der Waals surface area (Å²) in [5.74, 6) is -0.0242. The fourth-order valence-corrected chi connectivity index (χ4v) is 3.77. The maximum Gasteiger partial charge on any atom is 0.265 e. The largest absolute Gasteiger partial charge is 0.336 e. The minimum absolute atomic E-state index is 0.0951. The summed E-state index contributed by atoms with van der Waals surface area (Å²) in [5, 5.41) is 4.73. The first-order valence-corrected chi connectivity index (χ1v) is 9.33. The van der Waals surface area contributed by atoms with Crippen LogP contribution >= 0.6 is 11.3 Å². The van der Waals surface area contributed by atoms with Crippen molar-refractivity contribution in [1.82, 2.24) is 4.90 Å². The molecule has 1 atom stereocenters. The molecule has 2 amide bonds. The Morgan fingerprint density at radius 1 is 1.21 bits per heavy atom. The molecule has 1 N–H and O–H groups in total. The third-order valence-electron chi connectivity index (χ3n) is 4.49. The lowest BCUT2D eigenvalue weighted by Crippen LogP contribution is -2.43. The molecule has 1 aliphatic heterocycles. The van der Waals surface area contributed by atoms with E-state index in [2.05, 4.69) is 12.2 Å². The van der Waals surface area contributed by atoms with E-state index in [0.717, 1.165) is 25.8 Å². The van der Waals surface area contributed by atoms with Crippen LogP contribution in [-0.2, 0) is 0 Å². The van der Waals surface area contributed by atoms with Crippen molar-refractivity contribution in [3.8, 4) is 0 Å². The van der Waals surface area contributed by atoms with Gasteiger partial charge < -0.3 is 10.2 Å². The van der Waals surface area contributed by atoms with Gasteiger partial charge in [0.25, 0.3) is 11.8 Å². The minimum Gasteiger partial charge on any atom is -0.336 e. The Hall–Kier alpha value is -2.14.